The smallest absolute Gasteiger partial charge is 0.227 e. The van der Waals surface area contributed by atoms with Gasteiger partial charge in [0.15, 0.2) is 5.78 Å². The van der Waals surface area contributed by atoms with Crippen LogP contribution in [0.25, 0.3) is 0 Å². The maximum atomic E-state index is 12.9. The van der Waals surface area contributed by atoms with Crippen LogP contribution in [0.2, 0.25) is 0 Å². The van der Waals surface area contributed by atoms with Crippen molar-refractivity contribution < 1.29 is 14.3 Å². The van der Waals surface area contributed by atoms with Crippen LogP contribution in [0.3, 0.4) is 0 Å². The maximum absolute atomic E-state index is 12.9. The van der Waals surface area contributed by atoms with Gasteiger partial charge in [-0.3, -0.25) is 9.59 Å². The lowest BCUT2D eigenvalue weighted by Crippen LogP contribution is -2.31. The molecule has 1 saturated heterocycles. The van der Waals surface area contributed by atoms with Gasteiger partial charge in [0.05, 0.1) is 19.6 Å². The number of ether oxygens (including phenoxy) is 1. The van der Waals surface area contributed by atoms with E-state index in [-0.39, 0.29) is 24.2 Å². The van der Waals surface area contributed by atoms with Crippen molar-refractivity contribution in [3.05, 3.63) is 51.7 Å². The second-order valence-electron chi connectivity index (χ2n) is 6.02. The maximum Gasteiger partial charge on any atom is 0.227 e. The minimum atomic E-state index is -0.0102. The highest BCUT2D eigenvalue weighted by Gasteiger charge is 2.30. The molecule has 126 valence electrons. The Balaban J connectivity index is 1.81. The Kier molecular flexibility index (Phi) is 5.00. The third-order valence-corrected chi connectivity index (χ3v) is 5.45. The molecule has 1 aliphatic rings. The van der Waals surface area contributed by atoms with E-state index >= 15 is 0 Å². The monoisotopic (exact) mass is 343 g/mol. The Morgan fingerprint density at radius 1 is 1.33 bits per heavy atom. The number of rotatable bonds is 5. The van der Waals surface area contributed by atoms with Crippen molar-refractivity contribution in [1.29, 1.82) is 0 Å². The first kappa shape index (κ1) is 16.7. The Morgan fingerprint density at radius 3 is 2.83 bits per heavy atom. The lowest BCUT2D eigenvalue weighted by molar-refractivity contribution is -0.131. The highest BCUT2D eigenvalue weighted by atomic mass is 32.1. The van der Waals surface area contributed by atoms with Gasteiger partial charge < -0.3 is 9.64 Å². The SMILES string of the molecule is COc1ccc(C(C)=O)cc1CC(=O)N1CCCC1c1cccs1. The fourth-order valence-corrected chi connectivity index (χ4v) is 4.12. The van der Waals surface area contributed by atoms with E-state index in [4.69, 9.17) is 4.74 Å². The zero-order valence-electron chi connectivity index (χ0n) is 14.0. The molecule has 2 heterocycles. The standard InChI is InChI=1S/C19H21NO3S/c1-13(21)14-7-8-17(23-2)15(11-14)12-19(22)20-9-3-5-16(20)18-6-4-10-24-18/h4,6-8,10-11,16H,3,5,9,12H2,1-2H3. The van der Waals surface area contributed by atoms with Crippen LogP contribution in [0.4, 0.5) is 0 Å². The predicted octanol–water partition coefficient (Wildman–Crippen LogP) is 3.87. The van der Waals surface area contributed by atoms with E-state index in [0.29, 0.717) is 11.3 Å². The van der Waals surface area contributed by atoms with Crippen LogP contribution in [-0.2, 0) is 11.2 Å². The molecule has 1 amide bonds. The number of thiophene rings is 1. The molecule has 4 nitrogen and oxygen atoms in total. The van der Waals surface area contributed by atoms with Crippen molar-refractivity contribution in [3.63, 3.8) is 0 Å². The van der Waals surface area contributed by atoms with Gasteiger partial charge in [-0.15, -0.1) is 11.3 Å². The number of benzene rings is 1. The van der Waals surface area contributed by atoms with Gasteiger partial charge in [0.2, 0.25) is 5.91 Å². The van der Waals surface area contributed by atoms with Crippen LogP contribution >= 0.6 is 11.3 Å². The van der Waals surface area contributed by atoms with E-state index in [9.17, 15) is 9.59 Å². The van der Waals surface area contributed by atoms with Crippen molar-refractivity contribution in [2.24, 2.45) is 0 Å². The van der Waals surface area contributed by atoms with Crippen LogP contribution in [-0.4, -0.2) is 30.2 Å². The summed E-state index contributed by atoms with van der Waals surface area (Å²) >= 11 is 1.70. The first-order valence-electron chi connectivity index (χ1n) is 8.11. The number of nitrogens with zero attached hydrogens (tertiary/aromatic N) is 1. The van der Waals surface area contributed by atoms with Gasteiger partial charge in [-0.25, -0.2) is 0 Å². The normalized spacial score (nSPS) is 17.1. The molecule has 3 rings (SSSR count). The van der Waals surface area contributed by atoms with E-state index in [2.05, 4.69) is 11.4 Å². The highest BCUT2D eigenvalue weighted by molar-refractivity contribution is 7.10. The van der Waals surface area contributed by atoms with E-state index in [0.717, 1.165) is 24.9 Å². The largest absolute Gasteiger partial charge is 0.496 e. The molecule has 0 radical (unpaired) electrons. The summed E-state index contributed by atoms with van der Waals surface area (Å²) in [6.07, 6.45) is 2.29. The molecule has 0 aliphatic carbocycles. The van der Waals surface area contributed by atoms with Gasteiger partial charge in [-0.1, -0.05) is 6.07 Å². The number of amides is 1. The van der Waals surface area contributed by atoms with E-state index in [1.807, 2.05) is 11.0 Å². The quantitative estimate of drug-likeness (QED) is 0.774. The number of hydrogen-bond donors (Lipinski definition) is 0. The number of methoxy groups -OCH3 is 1. The van der Waals surface area contributed by atoms with Gasteiger partial charge in [0.25, 0.3) is 0 Å². The summed E-state index contributed by atoms with van der Waals surface area (Å²) in [6.45, 7) is 2.32. The third-order valence-electron chi connectivity index (χ3n) is 4.47. The molecule has 0 bridgehead atoms. The number of likely N-dealkylation sites (tertiary alicyclic amines) is 1. The Labute approximate surface area is 146 Å². The molecule has 0 saturated carbocycles. The van der Waals surface area contributed by atoms with Crippen LogP contribution in [0.1, 0.15) is 46.6 Å². The zero-order valence-corrected chi connectivity index (χ0v) is 14.8. The lowest BCUT2D eigenvalue weighted by atomic mass is 10.0. The van der Waals surface area contributed by atoms with Gasteiger partial charge >= 0.3 is 0 Å². The Hall–Kier alpha value is -2.14. The van der Waals surface area contributed by atoms with Gasteiger partial charge in [0.1, 0.15) is 5.75 Å². The highest BCUT2D eigenvalue weighted by Crippen LogP contribution is 2.35. The molecular weight excluding hydrogens is 322 g/mol. The van der Waals surface area contributed by atoms with Gasteiger partial charge in [-0.2, -0.15) is 0 Å². The summed E-state index contributed by atoms with van der Waals surface area (Å²) in [5.41, 5.74) is 1.38. The zero-order chi connectivity index (χ0) is 17.1. The first-order valence-corrected chi connectivity index (χ1v) is 8.99. The summed E-state index contributed by atoms with van der Waals surface area (Å²) in [5.74, 6) is 0.731. The third kappa shape index (κ3) is 3.36. The predicted molar refractivity (Wildman–Crippen MR) is 94.7 cm³/mol. The molecule has 2 aromatic rings. The molecule has 1 atom stereocenters. The van der Waals surface area contributed by atoms with Crippen LogP contribution < -0.4 is 4.74 Å². The number of ketones is 1. The minimum Gasteiger partial charge on any atom is -0.496 e. The fraction of sp³-hybridized carbons (Fsp3) is 0.368. The van der Waals surface area contributed by atoms with Crippen molar-refractivity contribution in [1.82, 2.24) is 4.90 Å². The van der Waals surface area contributed by atoms with Crippen molar-refractivity contribution in [2.75, 3.05) is 13.7 Å². The summed E-state index contributed by atoms with van der Waals surface area (Å²) in [4.78, 5) is 27.7. The van der Waals surface area contributed by atoms with E-state index in [1.165, 1.54) is 11.8 Å². The number of Topliss-reactive ketones (excluding diaryl/α,β-unsaturated/α-hetero) is 1. The molecule has 1 aromatic carbocycles. The molecule has 1 fully saturated rings. The molecule has 0 spiro atoms. The average Bonchev–Trinajstić information content (AvgIpc) is 3.25. The first-order chi connectivity index (χ1) is 11.6. The van der Waals surface area contributed by atoms with Crippen LogP contribution in [0.15, 0.2) is 35.7 Å². The molecule has 5 heteroatoms. The number of carbonyl (C=O) groups excluding carboxylic acids is 2. The summed E-state index contributed by atoms with van der Waals surface area (Å²) in [5, 5.41) is 2.05. The Morgan fingerprint density at radius 2 is 2.17 bits per heavy atom. The average molecular weight is 343 g/mol. The molecular formula is C19H21NO3S. The fourth-order valence-electron chi connectivity index (χ4n) is 3.24. The molecule has 1 unspecified atom stereocenters. The number of hydrogen-bond acceptors (Lipinski definition) is 4. The summed E-state index contributed by atoms with van der Waals surface area (Å²) in [7, 11) is 1.58. The van der Waals surface area contributed by atoms with E-state index < -0.39 is 0 Å². The second kappa shape index (κ2) is 7.18. The van der Waals surface area contributed by atoms with Crippen LogP contribution in [0, 0.1) is 0 Å². The van der Waals surface area contributed by atoms with Crippen LogP contribution in [0.5, 0.6) is 5.75 Å². The Bertz CT molecular complexity index is 739. The summed E-state index contributed by atoms with van der Waals surface area (Å²) in [6, 6.07) is 9.58. The van der Waals surface area contributed by atoms with Crippen molar-refractivity contribution in [3.8, 4) is 5.75 Å². The molecule has 24 heavy (non-hydrogen) atoms. The van der Waals surface area contributed by atoms with Gasteiger partial charge in [-0.05, 0) is 49.4 Å². The van der Waals surface area contributed by atoms with Crippen molar-refractivity contribution in [2.45, 2.75) is 32.2 Å². The number of carbonyl (C=O) groups is 2. The molecule has 1 aliphatic heterocycles. The topological polar surface area (TPSA) is 46.6 Å². The van der Waals surface area contributed by atoms with Gasteiger partial charge in [0, 0.05) is 22.5 Å². The molecule has 1 aromatic heterocycles. The molecule has 0 N–H and O–H groups in total. The lowest BCUT2D eigenvalue weighted by Gasteiger charge is -2.24. The van der Waals surface area contributed by atoms with E-state index in [1.54, 1.807) is 36.6 Å². The summed E-state index contributed by atoms with van der Waals surface area (Å²) < 4.78 is 5.36. The second-order valence-corrected chi connectivity index (χ2v) is 7.00. The minimum absolute atomic E-state index is 0.0102. The van der Waals surface area contributed by atoms with Crippen molar-refractivity contribution >= 4 is 23.0 Å².